The summed E-state index contributed by atoms with van der Waals surface area (Å²) in [5.41, 5.74) is 3.33. The number of halogens is 2. The Labute approximate surface area is 162 Å². The molecule has 138 valence electrons. The first-order chi connectivity index (χ1) is 13.0. The predicted octanol–water partition coefficient (Wildman–Crippen LogP) is 5.09. The summed E-state index contributed by atoms with van der Waals surface area (Å²) in [7, 11) is 0. The van der Waals surface area contributed by atoms with E-state index in [1.165, 1.54) is 12.3 Å². The van der Waals surface area contributed by atoms with E-state index >= 15 is 0 Å². The highest BCUT2D eigenvalue weighted by Gasteiger charge is 2.10. The van der Waals surface area contributed by atoms with Crippen molar-refractivity contribution in [3.05, 3.63) is 88.5 Å². The van der Waals surface area contributed by atoms with Crippen molar-refractivity contribution >= 4 is 28.9 Å². The van der Waals surface area contributed by atoms with E-state index in [2.05, 4.69) is 15.6 Å². The number of nitrogens with zero attached hydrogens (tertiary/aromatic N) is 1. The number of hydrogen-bond acceptors (Lipinski definition) is 3. The average Bonchev–Trinajstić information content (AvgIpc) is 2.66. The zero-order valence-electron chi connectivity index (χ0n) is 14.8. The lowest BCUT2D eigenvalue weighted by Gasteiger charge is -2.11. The third kappa shape index (κ3) is 5.05. The maximum Gasteiger partial charge on any atom is 0.257 e. The zero-order valence-corrected chi connectivity index (χ0v) is 15.6. The molecule has 4 nitrogen and oxygen atoms in total. The van der Waals surface area contributed by atoms with Crippen LogP contribution in [0.25, 0.3) is 0 Å². The van der Waals surface area contributed by atoms with Crippen LogP contribution in [0.1, 0.15) is 21.5 Å². The molecule has 3 aromatic rings. The van der Waals surface area contributed by atoms with Crippen LogP contribution in [0.2, 0.25) is 5.02 Å². The number of aryl methyl sites for hydroxylation is 1. The predicted molar refractivity (Wildman–Crippen MR) is 107 cm³/mol. The highest BCUT2D eigenvalue weighted by atomic mass is 35.5. The number of anilines is 2. The van der Waals surface area contributed by atoms with Gasteiger partial charge in [0, 0.05) is 29.6 Å². The molecule has 0 atom stereocenters. The van der Waals surface area contributed by atoms with Crippen LogP contribution in [0.5, 0.6) is 0 Å². The first kappa shape index (κ1) is 18.9. The molecular weight excluding hydrogens is 365 g/mol. The Morgan fingerprint density at radius 3 is 2.78 bits per heavy atom. The standard InChI is InChI=1S/C21H19ClFN3O/c1-14-6-7-17(22)11-20(14)26-21(27)16-10-18(13-24-12-16)25-9-8-15-4-2-3-5-19(15)23/h2-7,10-13,25H,8-9H2,1H3,(H,26,27). The van der Waals surface area contributed by atoms with E-state index in [9.17, 15) is 9.18 Å². The van der Waals surface area contributed by atoms with Crippen LogP contribution in [0, 0.1) is 12.7 Å². The van der Waals surface area contributed by atoms with E-state index in [4.69, 9.17) is 11.6 Å². The molecule has 0 aliphatic carbocycles. The van der Waals surface area contributed by atoms with Crippen LogP contribution >= 0.6 is 11.6 Å². The minimum atomic E-state index is -0.273. The molecule has 0 saturated carbocycles. The molecule has 0 aliphatic rings. The number of nitrogens with one attached hydrogen (secondary N) is 2. The van der Waals surface area contributed by atoms with Crippen molar-refractivity contribution in [3.63, 3.8) is 0 Å². The smallest absolute Gasteiger partial charge is 0.257 e. The number of carbonyl (C=O) groups is 1. The molecule has 6 heteroatoms. The Morgan fingerprint density at radius 2 is 1.96 bits per heavy atom. The lowest BCUT2D eigenvalue weighted by Crippen LogP contribution is -2.14. The van der Waals surface area contributed by atoms with E-state index in [1.807, 2.05) is 19.1 Å². The summed E-state index contributed by atoms with van der Waals surface area (Å²) < 4.78 is 13.7. The number of rotatable bonds is 6. The molecule has 2 aromatic carbocycles. The summed E-state index contributed by atoms with van der Waals surface area (Å²) in [6.07, 6.45) is 3.66. The second-order valence-electron chi connectivity index (χ2n) is 6.14. The number of amides is 1. The van der Waals surface area contributed by atoms with E-state index in [1.54, 1.807) is 36.5 Å². The van der Waals surface area contributed by atoms with Crippen LogP contribution in [-0.2, 0) is 6.42 Å². The molecule has 3 rings (SSSR count). The molecule has 0 aliphatic heterocycles. The summed E-state index contributed by atoms with van der Waals surface area (Å²) >= 11 is 5.99. The van der Waals surface area contributed by atoms with E-state index in [0.717, 1.165) is 5.56 Å². The highest BCUT2D eigenvalue weighted by Crippen LogP contribution is 2.21. The number of hydrogen-bond donors (Lipinski definition) is 2. The van der Waals surface area contributed by atoms with Gasteiger partial charge in [0.1, 0.15) is 5.82 Å². The summed E-state index contributed by atoms with van der Waals surface area (Å²) in [6, 6.07) is 13.7. The van der Waals surface area contributed by atoms with Crippen molar-refractivity contribution in [2.24, 2.45) is 0 Å². The number of pyridine rings is 1. The number of carbonyl (C=O) groups excluding carboxylic acids is 1. The fourth-order valence-corrected chi connectivity index (χ4v) is 2.80. The minimum absolute atomic E-state index is 0.220. The molecule has 0 spiro atoms. The number of aromatic nitrogens is 1. The minimum Gasteiger partial charge on any atom is -0.383 e. The summed E-state index contributed by atoms with van der Waals surface area (Å²) in [5, 5.41) is 6.57. The first-order valence-corrected chi connectivity index (χ1v) is 8.90. The molecular formula is C21H19ClFN3O. The maximum absolute atomic E-state index is 13.7. The molecule has 27 heavy (non-hydrogen) atoms. The Hall–Kier alpha value is -2.92. The van der Waals surface area contributed by atoms with Crippen molar-refractivity contribution in [1.29, 1.82) is 0 Å². The van der Waals surface area contributed by atoms with Gasteiger partial charge < -0.3 is 10.6 Å². The second kappa shape index (κ2) is 8.64. The monoisotopic (exact) mass is 383 g/mol. The Balaban J connectivity index is 1.63. The van der Waals surface area contributed by atoms with Crippen LogP contribution in [0.4, 0.5) is 15.8 Å². The molecule has 2 N–H and O–H groups in total. The lowest BCUT2D eigenvalue weighted by molar-refractivity contribution is 0.102. The Morgan fingerprint density at radius 1 is 1.15 bits per heavy atom. The molecule has 0 saturated heterocycles. The molecule has 0 radical (unpaired) electrons. The highest BCUT2D eigenvalue weighted by molar-refractivity contribution is 6.31. The van der Waals surface area contributed by atoms with Crippen LogP contribution in [0.15, 0.2) is 60.9 Å². The number of benzene rings is 2. The summed E-state index contributed by atoms with van der Waals surface area (Å²) in [5.74, 6) is -0.493. The Kier molecular flexibility index (Phi) is 6.04. The topological polar surface area (TPSA) is 54.0 Å². The zero-order chi connectivity index (χ0) is 19.2. The molecule has 0 bridgehead atoms. The van der Waals surface area contributed by atoms with Gasteiger partial charge in [0.05, 0.1) is 11.3 Å². The lowest BCUT2D eigenvalue weighted by atomic mass is 10.1. The average molecular weight is 384 g/mol. The van der Waals surface area contributed by atoms with Crippen molar-refractivity contribution < 1.29 is 9.18 Å². The van der Waals surface area contributed by atoms with Crippen LogP contribution in [0.3, 0.4) is 0 Å². The normalized spacial score (nSPS) is 10.5. The third-order valence-electron chi connectivity index (χ3n) is 4.13. The van der Waals surface area contributed by atoms with Gasteiger partial charge in [-0.3, -0.25) is 9.78 Å². The second-order valence-corrected chi connectivity index (χ2v) is 6.58. The largest absolute Gasteiger partial charge is 0.383 e. The third-order valence-corrected chi connectivity index (χ3v) is 4.36. The van der Waals surface area contributed by atoms with Crippen molar-refractivity contribution in [2.75, 3.05) is 17.2 Å². The van der Waals surface area contributed by atoms with E-state index in [-0.39, 0.29) is 11.7 Å². The maximum atomic E-state index is 13.7. The first-order valence-electron chi connectivity index (χ1n) is 8.53. The van der Waals surface area contributed by atoms with Gasteiger partial charge >= 0.3 is 0 Å². The van der Waals surface area contributed by atoms with Gasteiger partial charge in [-0.15, -0.1) is 0 Å². The fraction of sp³-hybridized carbons (Fsp3) is 0.143. The SMILES string of the molecule is Cc1ccc(Cl)cc1NC(=O)c1cncc(NCCc2ccccc2F)c1. The fourth-order valence-electron chi connectivity index (χ4n) is 2.63. The van der Waals surface area contributed by atoms with Gasteiger partial charge in [0.15, 0.2) is 0 Å². The van der Waals surface area contributed by atoms with Crippen molar-refractivity contribution in [3.8, 4) is 0 Å². The quantitative estimate of drug-likeness (QED) is 0.623. The van der Waals surface area contributed by atoms with Gasteiger partial charge in [-0.05, 0) is 48.7 Å². The van der Waals surface area contributed by atoms with Crippen LogP contribution < -0.4 is 10.6 Å². The molecule has 0 unspecified atom stereocenters. The summed E-state index contributed by atoms with van der Waals surface area (Å²) in [6.45, 7) is 2.42. The molecule has 1 amide bonds. The van der Waals surface area contributed by atoms with Crippen molar-refractivity contribution in [1.82, 2.24) is 4.98 Å². The molecule has 1 aromatic heterocycles. The Bertz CT molecular complexity index is 962. The van der Waals surface area contributed by atoms with Gasteiger partial charge in [0.2, 0.25) is 0 Å². The van der Waals surface area contributed by atoms with Crippen LogP contribution in [-0.4, -0.2) is 17.4 Å². The van der Waals surface area contributed by atoms with Gasteiger partial charge in [0.25, 0.3) is 5.91 Å². The van der Waals surface area contributed by atoms with Gasteiger partial charge in [-0.1, -0.05) is 35.9 Å². The summed E-state index contributed by atoms with van der Waals surface area (Å²) in [4.78, 5) is 16.6. The van der Waals surface area contributed by atoms with Crippen molar-refractivity contribution in [2.45, 2.75) is 13.3 Å². The van der Waals surface area contributed by atoms with E-state index < -0.39 is 0 Å². The van der Waals surface area contributed by atoms with Gasteiger partial charge in [-0.2, -0.15) is 0 Å². The molecule has 0 fully saturated rings. The molecule has 1 heterocycles. The van der Waals surface area contributed by atoms with Gasteiger partial charge in [-0.25, -0.2) is 4.39 Å². The van der Waals surface area contributed by atoms with E-state index in [0.29, 0.717) is 40.5 Å².